The summed E-state index contributed by atoms with van der Waals surface area (Å²) in [6, 6.07) is 0. The highest BCUT2D eigenvalue weighted by molar-refractivity contribution is 5.66. The predicted molar refractivity (Wildman–Crippen MR) is 60.9 cm³/mol. The van der Waals surface area contributed by atoms with Crippen LogP contribution in [0.2, 0.25) is 0 Å². The molecule has 1 saturated carbocycles. The highest BCUT2D eigenvalue weighted by Crippen LogP contribution is 2.39. The molecule has 0 amide bonds. The Morgan fingerprint density at radius 1 is 1.33 bits per heavy atom. The van der Waals surface area contributed by atoms with E-state index in [9.17, 15) is 4.79 Å². The van der Waals surface area contributed by atoms with Gasteiger partial charge in [0.1, 0.15) is 0 Å². The van der Waals surface area contributed by atoms with Crippen LogP contribution in [0.5, 0.6) is 0 Å². The van der Waals surface area contributed by atoms with Gasteiger partial charge in [0, 0.05) is 13.0 Å². The minimum absolute atomic E-state index is 0.317. The fourth-order valence-corrected chi connectivity index (χ4v) is 2.05. The van der Waals surface area contributed by atoms with Crippen molar-refractivity contribution in [3.63, 3.8) is 0 Å². The molecule has 0 aromatic carbocycles. The van der Waals surface area contributed by atoms with Crippen LogP contribution in [-0.4, -0.2) is 24.2 Å². The molecule has 15 heavy (non-hydrogen) atoms. The van der Waals surface area contributed by atoms with Crippen LogP contribution in [0, 0.1) is 5.41 Å². The van der Waals surface area contributed by atoms with Crippen LogP contribution in [0.1, 0.15) is 51.9 Å². The lowest BCUT2D eigenvalue weighted by molar-refractivity contribution is -0.137. The number of carboxylic acid groups (broad SMARTS) is 1. The minimum atomic E-state index is -0.676. The summed E-state index contributed by atoms with van der Waals surface area (Å²) >= 11 is 0. The van der Waals surface area contributed by atoms with E-state index < -0.39 is 5.97 Å². The van der Waals surface area contributed by atoms with Gasteiger partial charge in [0.05, 0.1) is 0 Å². The average molecular weight is 213 g/mol. The smallest absolute Gasteiger partial charge is 0.303 e. The number of carboxylic acids is 1. The van der Waals surface area contributed by atoms with Crippen LogP contribution in [0.3, 0.4) is 0 Å². The van der Waals surface area contributed by atoms with E-state index in [1.54, 1.807) is 0 Å². The largest absolute Gasteiger partial charge is 0.481 e. The summed E-state index contributed by atoms with van der Waals surface area (Å²) in [7, 11) is 0. The van der Waals surface area contributed by atoms with Crippen LogP contribution in [0.15, 0.2) is 0 Å². The molecular weight excluding hydrogens is 190 g/mol. The summed E-state index contributed by atoms with van der Waals surface area (Å²) in [6.07, 6.45) is 7.36. The molecule has 1 aliphatic rings. The third kappa shape index (κ3) is 5.17. The Morgan fingerprint density at radius 3 is 2.60 bits per heavy atom. The van der Waals surface area contributed by atoms with E-state index in [0.29, 0.717) is 11.8 Å². The van der Waals surface area contributed by atoms with Crippen molar-refractivity contribution in [2.75, 3.05) is 13.1 Å². The highest BCUT2D eigenvalue weighted by atomic mass is 16.4. The Morgan fingerprint density at radius 2 is 2.07 bits per heavy atom. The second kappa shape index (κ2) is 6.11. The molecule has 0 radical (unpaired) electrons. The van der Waals surface area contributed by atoms with Gasteiger partial charge in [-0.3, -0.25) is 4.79 Å². The molecule has 0 saturated heterocycles. The van der Waals surface area contributed by atoms with E-state index in [2.05, 4.69) is 12.2 Å². The fraction of sp³-hybridized carbons (Fsp3) is 0.917. The molecule has 0 atom stereocenters. The van der Waals surface area contributed by atoms with E-state index in [0.717, 1.165) is 32.4 Å². The van der Waals surface area contributed by atoms with Crippen molar-refractivity contribution in [2.24, 2.45) is 5.41 Å². The molecule has 1 fully saturated rings. The molecule has 0 aromatic heterocycles. The van der Waals surface area contributed by atoms with Gasteiger partial charge < -0.3 is 10.4 Å². The topological polar surface area (TPSA) is 49.3 Å². The van der Waals surface area contributed by atoms with Gasteiger partial charge in [0.15, 0.2) is 0 Å². The van der Waals surface area contributed by atoms with Crippen molar-refractivity contribution in [2.45, 2.75) is 51.9 Å². The lowest BCUT2D eigenvalue weighted by Crippen LogP contribution is -2.37. The quantitative estimate of drug-likeness (QED) is 0.609. The van der Waals surface area contributed by atoms with Crippen molar-refractivity contribution in [1.82, 2.24) is 5.32 Å². The molecule has 0 aliphatic heterocycles. The van der Waals surface area contributed by atoms with Crippen LogP contribution < -0.4 is 5.32 Å². The number of hydrogen-bond acceptors (Lipinski definition) is 2. The maximum atomic E-state index is 10.3. The Labute approximate surface area is 92.3 Å². The number of nitrogens with one attached hydrogen (secondary N) is 1. The number of aliphatic carboxylic acids is 1. The third-order valence-electron chi connectivity index (χ3n) is 3.36. The number of rotatable bonds is 8. The molecule has 1 aliphatic carbocycles. The molecule has 0 aromatic rings. The molecule has 3 heteroatoms. The van der Waals surface area contributed by atoms with E-state index >= 15 is 0 Å². The molecule has 0 spiro atoms. The maximum Gasteiger partial charge on any atom is 0.303 e. The minimum Gasteiger partial charge on any atom is -0.481 e. The van der Waals surface area contributed by atoms with Gasteiger partial charge >= 0.3 is 5.97 Å². The zero-order valence-corrected chi connectivity index (χ0v) is 9.72. The van der Waals surface area contributed by atoms with Crippen LogP contribution in [-0.2, 0) is 4.79 Å². The van der Waals surface area contributed by atoms with E-state index in [4.69, 9.17) is 5.11 Å². The first-order valence-corrected chi connectivity index (χ1v) is 6.05. The maximum absolute atomic E-state index is 10.3. The zero-order valence-electron chi connectivity index (χ0n) is 9.72. The van der Waals surface area contributed by atoms with E-state index in [-0.39, 0.29) is 0 Å². The van der Waals surface area contributed by atoms with E-state index in [1.165, 1.54) is 19.3 Å². The summed E-state index contributed by atoms with van der Waals surface area (Å²) < 4.78 is 0. The summed E-state index contributed by atoms with van der Waals surface area (Å²) in [5.41, 5.74) is 0.557. The Hall–Kier alpha value is -0.570. The first-order chi connectivity index (χ1) is 7.12. The van der Waals surface area contributed by atoms with Gasteiger partial charge in [0.25, 0.3) is 0 Å². The van der Waals surface area contributed by atoms with Gasteiger partial charge in [-0.1, -0.05) is 19.8 Å². The molecular formula is C12H23NO2. The molecule has 2 N–H and O–H groups in total. The van der Waals surface area contributed by atoms with Crippen molar-refractivity contribution in [3.05, 3.63) is 0 Å². The van der Waals surface area contributed by atoms with Gasteiger partial charge in [0.2, 0.25) is 0 Å². The Balaban J connectivity index is 1.83. The Bertz CT molecular complexity index is 200. The lowest BCUT2D eigenvalue weighted by atomic mass is 9.70. The lowest BCUT2D eigenvalue weighted by Gasteiger charge is -2.38. The molecule has 1 rings (SSSR count). The summed E-state index contributed by atoms with van der Waals surface area (Å²) in [5, 5.41) is 11.9. The monoisotopic (exact) mass is 213 g/mol. The third-order valence-corrected chi connectivity index (χ3v) is 3.36. The molecule has 0 heterocycles. The molecule has 0 bridgehead atoms. The van der Waals surface area contributed by atoms with Crippen LogP contribution in [0.4, 0.5) is 0 Å². The van der Waals surface area contributed by atoms with Crippen molar-refractivity contribution >= 4 is 5.97 Å². The molecule has 3 nitrogen and oxygen atoms in total. The zero-order chi connectivity index (χ0) is 11.1. The fourth-order valence-electron chi connectivity index (χ4n) is 2.05. The second-order valence-corrected chi connectivity index (χ2v) is 5.05. The van der Waals surface area contributed by atoms with Crippen molar-refractivity contribution in [3.8, 4) is 0 Å². The van der Waals surface area contributed by atoms with Gasteiger partial charge in [-0.15, -0.1) is 0 Å². The summed E-state index contributed by atoms with van der Waals surface area (Å²) in [4.78, 5) is 10.3. The first kappa shape index (κ1) is 12.5. The standard InChI is InChI=1S/C12H23NO2/c1-12(7-5-8-12)10-13-9-4-2-3-6-11(14)15/h13H,2-10H2,1H3,(H,14,15). The SMILES string of the molecule is CC1(CNCCCCCC(=O)O)CCC1. The molecule has 0 unspecified atom stereocenters. The number of unbranched alkanes of at least 4 members (excludes halogenated alkanes) is 2. The summed E-state index contributed by atoms with van der Waals surface area (Å²) in [5.74, 6) is -0.676. The van der Waals surface area contributed by atoms with Crippen molar-refractivity contribution in [1.29, 1.82) is 0 Å². The predicted octanol–water partition coefficient (Wildman–Crippen LogP) is 2.41. The van der Waals surface area contributed by atoms with E-state index in [1.807, 2.05) is 0 Å². The Kier molecular flexibility index (Phi) is 5.09. The number of hydrogen-bond donors (Lipinski definition) is 2. The normalized spacial score (nSPS) is 18.5. The van der Waals surface area contributed by atoms with Gasteiger partial charge in [-0.05, 0) is 37.6 Å². The van der Waals surface area contributed by atoms with Gasteiger partial charge in [-0.2, -0.15) is 0 Å². The van der Waals surface area contributed by atoms with Crippen molar-refractivity contribution < 1.29 is 9.90 Å². The second-order valence-electron chi connectivity index (χ2n) is 5.05. The summed E-state index contributed by atoms with van der Waals surface area (Å²) in [6.45, 7) is 4.51. The highest BCUT2D eigenvalue weighted by Gasteiger charge is 2.30. The average Bonchev–Trinajstić information content (AvgIpc) is 2.13. The van der Waals surface area contributed by atoms with Crippen LogP contribution in [0.25, 0.3) is 0 Å². The van der Waals surface area contributed by atoms with Crippen LogP contribution >= 0.6 is 0 Å². The van der Waals surface area contributed by atoms with Gasteiger partial charge in [-0.25, -0.2) is 0 Å². The molecule has 88 valence electrons. The first-order valence-electron chi connectivity index (χ1n) is 6.05. The number of carbonyl (C=O) groups is 1.